The van der Waals surface area contributed by atoms with Gasteiger partial charge in [0.1, 0.15) is 10.0 Å². The van der Waals surface area contributed by atoms with Crippen molar-refractivity contribution in [3.8, 4) is 0 Å². The highest BCUT2D eigenvalue weighted by Crippen LogP contribution is 2.44. The summed E-state index contributed by atoms with van der Waals surface area (Å²) in [6, 6.07) is 3.79. The summed E-state index contributed by atoms with van der Waals surface area (Å²) in [6.07, 6.45) is 4.82. The molecule has 0 aliphatic heterocycles. The molecule has 1 saturated carbocycles. The molecule has 11 heteroatoms. The molecule has 1 aliphatic rings. The smallest absolute Gasteiger partial charge is 0.232 e. The zero-order valence-electron chi connectivity index (χ0n) is 16.6. The highest BCUT2D eigenvalue weighted by molar-refractivity contribution is 7.15. The maximum atomic E-state index is 12.2. The largest absolute Gasteiger partial charge is 0.301 e. The predicted octanol–water partition coefficient (Wildman–Crippen LogP) is 2.97. The Hall–Kier alpha value is -2.79. The fourth-order valence-corrected chi connectivity index (χ4v) is 5.05. The van der Waals surface area contributed by atoms with E-state index in [1.807, 2.05) is 19.1 Å². The van der Waals surface area contributed by atoms with Crippen LogP contribution < -0.4 is 10.6 Å². The second-order valence-electron chi connectivity index (χ2n) is 7.42. The molecule has 1 aliphatic carbocycles. The van der Waals surface area contributed by atoms with Crippen LogP contribution in [0.15, 0.2) is 18.3 Å². The Labute approximate surface area is 181 Å². The first kappa shape index (κ1) is 20.5. The molecule has 0 spiro atoms. The van der Waals surface area contributed by atoms with E-state index in [2.05, 4.69) is 36.0 Å². The van der Waals surface area contributed by atoms with E-state index in [1.54, 1.807) is 6.20 Å². The lowest BCUT2D eigenvalue weighted by Crippen LogP contribution is -2.23. The normalized spacial score (nSPS) is 17.9. The lowest BCUT2D eigenvalue weighted by atomic mass is 9.74. The Morgan fingerprint density at radius 2 is 1.83 bits per heavy atom. The van der Waals surface area contributed by atoms with Crippen LogP contribution in [-0.2, 0) is 22.4 Å². The van der Waals surface area contributed by atoms with Crippen LogP contribution in [0.1, 0.15) is 47.0 Å². The van der Waals surface area contributed by atoms with Gasteiger partial charge in [-0.1, -0.05) is 28.7 Å². The topological polar surface area (TPSA) is 123 Å². The van der Waals surface area contributed by atoms with E-state index in [0.717, 1.165) is 40.5 Å². The zero-order chi connectivity index (χ0) is 21.1. The van der Waals surface area contributed by atoms with E-state index in [1.165, 1.54) is 29.6 Å². The van der Waals surface area contributed by atoms with Gasteiger partial charge in [0.2, 0.25) is 22.1 Å². The summed E-state index contributed by atoms with van der Waals surface area (Å²) in [5.74, 6) is 0.588. The Bertz CT molecular complexity index is 1040. The third kappa shape index (κ3) is 5.22. The number of anilines is 2. The molecule has 4 rings (SSSR count). The van der Waals surface area contributed by atoms with Gasteiger partial charge < -0.3 is 10.6 Å². The van der Waals surface area contributed by atoms with Crippen molar-refractivity contribution in [3.63, 3.8) is 0 Å². The molecule has 2 N–H and O–H groups in total. The molecule has 0 radical (unpaired) electrons. The number of carbonyl (C=O) groups is 2. The average Bonchev–Trinajstić information content (AvgIpc) is 3.28. The SMILES string of the molecule is CC(=O)Nc1nnc(CC2CC(c3nnc(NC(=O)Cc4ccc(C)cn4)s3)C2)s1. The molecule has 30 heavy (non-hydrogen) atoms. The van der Waals surface area contributed by atoms with Crippen LogP contribution in [0, 0.1) is 12.8 Å². The summed E-state index contributed by atoms with van der Waals surface area (Å²) in [6.45, 7) is 3.41. The number of carbonyl (C=O) groups excluding carboxylic acids is 2. The number of nitrogens with zero attached hydrogens (tertiary/aromatic N) is 5. The number of aromatic nitrogens is 5. The van der Waals surface area contributed by atoms with Crippen molar-refractivity contribution in [2.45, 2.75) is 45.4 Å². The number of pyridine rings is 1. The van der Waals surface area contributed by atoms with Crippen molar-refractivity contribution in [2.75, 3.05) is 10.6 Å². The molecule has 3 aromatic rings. The van der Waals surface area contributed by atoms with Crippen LogP contribution >= 0.6 is 22.7 Å². The van der Waals surface area contributed by atoms with Gasteiger partial charge >= 0.3 is 0 Å². The number of hydrogen-bond donors (Lipinski definition) is 2. The first-order chi connectivity index (χ1) is 14.4. The van der Waals surface area contributed by atoms with Crippen LogP contribution in [0.4, 0.5) is 10.3 Å². The van der Waals surface area contributed by atoms with Gasteiger partial charge in [0, 0.05) is 31.2 Å². The van der Waals surface area contributed by atoms with Crippen molar-refractivity contribution in [3.05, 3.63) is 39.6 Å². The van der Waals surface area contributed by atoms with Crippen LogP contribution in [0.5, 0.6) is 0 Å². The monoisotopic (exact) mass is 443 g/mol. The van der Waals surface area contributed by atoms with Gasteiger partial charge in [-0.2, -0.15) is 0 Å². The van der Waals surface area contributed by atoms with Crippen molar-refractivity contribution >= 4 is 44.8 Å². The second kappa shape index (κ2) is 8.92. The molecule has 2 amide bonds. The summed E-state index contributed by atoms with van der Waals surface area (Å²) in [7, 11) is 0. The van der Waals surface area contributed by atoms with Gasteiger partial charge in [-0.05, 0) is 37.3 Å². The molecule has 0 saturated heterocycles. The van der Waals surface area contributed by atoms with Crippen molar-refractivity contribution in [1.29, 1.82) is 0 Å². The van der Waals surface area contributed by atoms with E-state index < -0.39 is 0 Å². The van der Waals surface area contributed by atoms with E-state index in [9.17, 15) is 9.59 Å². The minimum Gasteiger partial charge on any atom is -0.301 e. The van der Waals surface area contributed by atoms with Crippen LogP contribution in [0.3, 0.4) is 0 Å². The molecule has 9 nitrogen and oxygen atoms in total. The van der Waals surface area contributed by atoms with Gasteiger partial charge in [0.15, 0.2) is 0 Å². The lowest BCUT2D eigenvalue weighted by molar-refractivity contribution is -0.116. The molecule has 3 heterocycles. The maximum Gasteiger partial charge on any atom is 0.232 e. The van der Waals surface area contributed by atoms with Crippen molar-refractivity contribution in [1.82, 2.24) is 25.4 Å². The van der Waals surface area contributed by atoms with Gasteiger partial charge in [-0.25, -0.2) is 0 Å². The second-order valence-corrected chi connectivity index (χ2v) is 9.49. The first-order valence-electron chi connectivity index (χ1n) is 9.59. The van der Waals surface area contributed by atoms with E-state index in [4.69, 9.17) is 0 Å². The number of aryl methyl sites for hydroxylation is 1. The van der Waals surface area contributed by atoms with Gasteiger partial charge in [-0.3, -0.25) is 14.6 Å². The first-order valence-corrected chi connectivity index (χ1v) is 11.2. The van der Waals surface area contributed by atoms with E-state index in [-0.39, 0.29) is 18.2 Å². The highest BCUT2D eigenvalue weighted by atomic mass is 32.1. The van der Waals surface area contributed by atoms with E-state index >= 15 is 0 Å². The Kier molecular flexibility index (Phi) is 6.09. The molecule has 156 valence electrons. The van der Waals surface area contributed by atoms with Crippen molar-refractivity contribution < 1.29 is 9.59 Å². The molecule has 0 unspecified atom stereocenters. The highest BCUT2D eigenvalue weighted by Gasteiger charge is 2.33. The molecular formula is C19H21N7O2S2. The standard InChI is InChI=1S/C19H21N7O2S2/c1-10-3-4-14(20-9-10)8-15(28)22-19-26-24-17(30-19)13-5-12(6-13)7-16-23-25-18(29-16)21-11(2)27/h3-4,9,12-13H,5-8H2,1-2H3,(H,21,25,27)(H,22,26,28). The summed E-state index contributed by atoms with van der Waals surface area (Å²) in [5.41, 5.74) is 1.79. The van der Waals surface area contributed by atoms with Crippen LogP contribution in [0.25, 0.3) is 0 Å². The Morgan fingerprint density at radius 3 is 2.57 bits per heavy atom. The Balaban J connectivity index is 1.24. The third-order valence-electron chi connectivity index (χ3n) is 4.80. The number of hydrogen-bond acceptors (Lipinski definition) is 9. The minimum atomic E-state index is -0.146. The summed E-state index contributed by atoms with van der Waals surface area (Å²) >= 11 is 2.85. The third-order valence-corrected chi connectivity index (χ3v) is 6.66. The summed E-state index contributed by atoms with van der Waals surface area (Å²) in [4.78, 5) is 27.5. The van der Waals surface area contributed by atoms with Crippen molar-refractivity contribution in [2.24, 2.45) is 5.92 Å². The number of amides is 2. The van der Waals surface area contributed by atoms with Crippen LogP contribution in [-0.4, -0.2) is 37.2 Å². The van der Waals surface area contributed by atoms with Gasteiger partial charge in [0.25, 0.3) is 0 Å². The molecule has 3 aromatic heterocycles. The minimum absolute atomic E-state index is 0.143. The quantitative estimate of drug-likeness (QED) is 0.575. The molecule has 0 aromatic carbocycles. The molecule has 0 atom stereocenters. The number of rotatable bonds is 7. The fraction of sp³-hybridized carbons (Fsp3) is 0.421. The fourth-order valence-electron chi connectivity index (χ4n) is 3.27. The lowest BCUT2D eigenvalue weighted by Gasteiger charge is -2.32. The van der Waals surface area contributed by atoms with Gasteiger partial charge in [0.05, 0.1) is 6.42 Å². The molecule has 0 bridgehead atoms. The molecule has 1 fully saturated rings. The predicted molar refractivity (Wildman–Crippen MR) is 115 cm³/mol. The average molecular weight is 444 g/mol. The summed E-state index contributed by atoms with van der Waals surface area (Å²) in [5, 5.41) is 24.9. The summed E-state index contributed by atoms with van der Waals surface area (Å²) < 4.78 is 0. The van der Waals surface area contributed by atoms with E-state index in [0.29, 0.717) is 22.1 Å². The maximum absolute atomic E-state index is 12.2. The van der Waals surface area contributed by atoms with Gasteiger partial charge in [-0.15, -0.1) is 20.4 Å². The molecular weight excluding hydrogens is 422 g/mol. The van der Waals surface area contributed by atoms with Crippen LogP contribution in [0.2, 0.25) is 0 Å². The number of nitrogens with one attached hydrogen (secondary N) is 2. The zero-order valence-corrected chi connectivity index (χ0v) is 18.2. The Morgan fingerprint density at radius 1 is 1.07 bits per heavy atom.